The lowest BCUT2D eigenvalue weighted by Gasteiger charge is -2.11. The van der Waals surface area contributed by atoms with E-state index in [1.165, 1.54) is 0 Å². The van der Waals surface area contributed by atoms with Gasteiger partial charge in [-0.2, -0.15) is 0 Å². The average Bonchev–Trinajstić information content (AvgIpc) is 2.78. The van der Waals surface area contributed by atoms with E-state index in [4.69, 9.17) is 4.74 Å². The molecule has 3 aromatic carbocycles. The Hall–Kier alpha value is -3.80. The molecule has 31 heavy (non-hydrogen) atoms. The fourth-order valence-electron chi connectivity index (χ4n) is 2.75. The van der Waals surface area contributed by atoms with Crippen LogP contribution in [-0.2, 0) is 16.2 Å². The first-order chi connectivity index (χ1) is 15.0. The first-order valence-electron chi connectivity index (χ1n) is 10.2. The van der Waals surface area contributed by atoms with Crippen LogP contribution in [0.25, 0.3) is 0 Å². The van der Waals surface area contributed by atoms with Crippen molar-refractivity contribution in [2.45, 2.75) is 20.5 Å². The minimum absolute atomic E-state index is 0.0454. The molecular weight excluding hydrogens is 390 g/mol. The number of amides is 2. The van der Waals surface area contributed by atoms with E-state index >= 15 is 0 Å². The Morgan fingerprint density at radius 1 is 0.806 bits per heavy atom. The minimum atomic E-state index is -0.172. The van der Waals surface area contributed by atoms with Crippen LogP contribution < -0.4 is 20.7 Å². The number of anilines is 3. The number of hydrogen-bond donors (Lipinski definition) is 3. The third kappa shape index (κ3) is 7.19. The maximum atomic E-state index is 12.3. The maximum Gasteiger partial charge on any atom is 0.243 e. The van der Waals surface area contributed by atoms with Gasteiger partial charge in [-0.1, -0.05) is 50.2 Å². The van der Waals surface area contributed by atoms with Crippen molar-refractivity contribution in [1.82, 2.24) is 0 Å². The summed E-state index contributed by atoms with van der Waals surface area (Å²) in [6.07, 6.45) is 0. The van der Waals surface area contributed by atoms with Crippen LogP contribution >= 0.6 is 0 Å². The first-order valence-corrected chi connectivity index (χ1v) is 10.2. The van der Waals surface area contributed by atoms with Crippen molar-refractivity contribution in [3.8, 4) is 5.75 Å². The van der Waals surface area contributed by atoms with Crippen molar-refractivity contribution < 1.29 is 14.3 Å². The summed E-state index contributed by atoms with van der Waals surface area (Å²) in [6, 6.07) is 24.5. The molecule has 6 nitrogen and oxygen atoms in total. The highest BCUT2D eigenvalue weighted by Gasteiger charge is 2.08. The molecule has 6 heteroatoms. The van der Waals surface area contributed by atoms with Gasteiger partial charge < -0.3 is 20.7 Å². The van der Waals surface area contributed by atoms with Gasteiger partial charge in [-0.05, 0) is 42.0 Å². The average molecular weight is 418 g/mol. The maximum absolute atomic E-state index is 12.3. The van der Waals surface area contributed by atoms with Gasteiger partial charge in [0.15, 0.2) is 0 Å². The Balaban J connectivity index is 1.46. The summed E-state index contributed by atoms with van der Waals surface area (Å²) in [4.78, 5) is 24.0. The molecule has 0 fully saturated rings. The van der Waals surface area contributed by atoms with Gasteiger partial charge in [0.25, 0.3) is 0 Å². The molecule has 3 N–H and O–H groups in total. The predicted molar refractivity (Wildman–Crippen MR) is 124 cm³/mol. The highest BCUT2D eigenvalue weighted by molar-refractivity contribution is 5.95. The zero-order valence-electron chi connectivity index (χ0n) is 17.7. The number of hydrogen-bond acceptors (Lipinski definition) is 4. The van der Waals surface area contributed by atoms with Crippen LogP contribution in [0.3, 0.4) is 0 Å². The molecule has 0 heterocycles. The largest absolute Gasteiger partial charge is 0.489 e. The van der Waals surface area contributed by atoms with Gasteiger partial charge in [-0.3, -0.25) is 9.59 Å². The lowest BCUT2D eigenvalue weighted by Crippen LogP contribution is -2.21. The van der Waals surface area contributed by atoms with Crippen LogP contribution in [0.4, 0.5) is 17.1 Å². The zero-order valence-corrected chi connectivity index (χ0v) is 17.7. The van der Waals surface area contributed by atoms with E-state index in [0.717, 1.165) is 17.0 Å². The monoisotopic (exact) mass is 417 g/mol. The third-order valence-electron chi connectivity index (χ3n) is 4.50. The second-order valence-corrected chi connectivity index (χ2v) is 7.43. The molecule has 3 aromatic rings. The van der Waals surface area contributed by atoms with E-state index in [9.17, 15) is 9.59 Å². The third-order valence-corrected chi connectivity index (χ3v) is 4.50. The Morgan fingerprint density at radius 2 is 1.48 bits per heavy atom. The molecule has 0 spiro atoms. The second-order valence-electron chi connectivity index (χ2n) is 7.43. The lowest BCUT2D eigenvalue weighted by molar-refractivity contribution is -0.119. The number of nitrogens with one attached hydrogen (secondary N) is 3. The molecule has 3 rings (SSSR count). The molecule has 0 aliphatic heterocycles. The van der Waals surface area contributed by atoms with Gasteiger partial charge in [0.1, 0.15) is 12.4 Å². The quantitative estimate of drug-likeness (QED) is 0.462. The molecule has 0 saturated carbocycles. The van der Waals surface area contributed by atoms with Crippen LogP contribution in [-0.4, -0.2) is 18.4 Å². The topological polar surface area (TPSA) is 79.5 Å². The van der Waals surface area contributed by atoms with Crippen molar-refractivity contribution in [3.05, 3.63) is 84.4 Å². The summed E-state index contributed by atoms with van der Waals surface area (Å²) >= 11 is 0. The summed E-state index contributed by atoms with van der Waals surface area (Å²) in [5.41, 5.74) is 3.25. The van der Waals surface area contributed by atoms with Gasteiger partial charge in [0.05, 0.1) is 6.54 Å². The van der Waals surface area contributed by atoms with Crippen LogP contribution in [0.1, 0.15) is 19.4 Å². The summed E-state index contributed by atoms with van der Waals surface area (Å²) in [5.74, 6) is 0.423. The van der Waals surface area contributed by atoms with E-state index in [1.807, 2.05) is 68.4 Å². The van der Waals surface area contributed by atoms with E-state index in [2.05, 4.69) is 16.0 Å². The molecule has 0 unspecified atom stereocenters. The van der Waals surface area contributed by atoms with E-state index in [-0.39, 0.29) is 24.3 Å². The molecule has 0 bridgehead atoms. The SMILES string of the molecule is CC(C)C(=O)Nc1ccc(NC(=O)CNc2cccc(OCc3ccccc3)c2)cc1. The minimum Gasteiger partial charge on any atom is -0.489 e. The molecular formula is C25H27N3O3. The number of carbonyl (C=O) groups excluding carboxylic acids is 2. The Bertz CT molecular complexity index is 1000. The van der Waals surface area contributed by atoms with Crippen LogP contribution in [0, 0.1) is 5.92 Å². The van der Waals surface area contributed by atoms with Crippen LogP contribution in [0.5, 0.6) is 5.75 Å². The zero-order chi connectivity index (χ0) is 22.1. The van der Waals surface area contributed by atoms with Crippen molar-refractivity contribution >= 4 is 28.9 Å². The van der Waals surface area contributed by atoms with Crippen LogP contribution in [0.2, 0.25) is 0 Å². The highest BCUT2D eigenvalue weighted by atomic mass is 16.5. The van der Waals surface area contributed by atoms with Gasteiger partial charge in [-0.25, -0.2) is 0 Å². The van der Waals surface area contributed by atoms with Gasteiger partial charge in [-0.15, -0.1) is 0 Å². The lowest BCUT2D eigenvalue weighted by atomic mass is 10.2. The number of carbonyl (C=O) groups is 2. The Morgan fingerprint density at radius 3 is 2.16 bits per heavy atom. The fraction of sp³-hybridized carbons (Fsp3) is 0.200. The Labute approximate surface area is 182 Å². The highest BCUT2D eigenvalue weighted by Crippen LogP contribution is 2.19. The molecule has 0 atom stereocenters. The fourth-order valence-corrected chi connectivity index (χ4v) is 2.75. The molecule has 160 valence electrons. The van der Waals surface area contributed by atoms with Crippen molar-refractivity contribution in [1.29, 1.82) is 0 Å². The summed E-state index contributed by atoms with van der Waals surface area (Å²) in [6.45, 7) is 4.27. The summed E-state index contributed by atoms with van der Waals surface area (Å²) in [7, 11) is 0. The standard InChI is InChI=1S/C25H27N3O3/c1-18(2)25(30)28-21-13-11-20(12-14-21)27-24(29)16-26-22-9-6-10-23(15-22)31-17-19-7-4-3-5-8-19/h3-15,18,26H,16-17H2,1-2H3,(H,27,29)(H,28,30). The number of ether oxygens (including phenoxy) is 1. The van der Waals surface area contributed by atoms with Crippen molar-refractivity contribution in [2.75, 3.05) is 22.5 Å². The summed E-state index contributed by atoms with van der Waals surface area (Å²) < 4.78 is 5.82. The Kier molecular flexibility index (Phi) is 7.65. The van der Waals surface area contributed by atoms with E-state index in [0.29, 0.717) is 18.0 Å². The van der Waals surface area contributed by atoms with Gasteiger partial charge in [0.2, 0.25) is 11.8 Å². The van der Waals surface area contributed by atoms with E-state index < -0.39 is 0 Å². The van der Waals surface area contributed by atoms with Crippen LogP contribution in [0.15, 0.2) is 78.9 Å². The van der Waals surface area contributed by atoms with Crippen molar-refractivity contribution in [2.24, 2.45) is 5.92 Å². The predicted octanol–water partition coefficient (Wildman–Crippen LogP) is 4.91. The second kappa shape index (κ2) is 10.8. The smallest absolute Gasteiger partial charge is 0.243 e. The molecule has 0 aliphatic carbocycles. The summed E-state index contributed by atoms with van der Waals surface area (Å²) in [5, 5.41) is 8.75. The number of benzene rings is 3. The molecule has 0 saturated heterocycles. The van der Waals surface area contributed by atoms with Gasteiger partial charge in [0, 0.05) is 29.0 Å². The molecule has 2 amide bonds. The molecule has 0 radical (unpaired) electrons. The molecule has 0 aliphatic rings. The normalized spacial score (nSPS) is 10.4. The first kappa shape index (κ1) is 21.9. The molecule has 0 aromatic heterocycles. The number of rotatable bonds is 9. The van der Waals surface area contributed by atoms with E-state index in [1.54, 1.807) is 24.3 Å². The van der Waals surface area contributed by atoms with Gasteiger partial charge >= 0.3 is 0 Å². The van der Waals surface area contributed by atoms with Crippen molar-refractivity contribution in [3.63, 3.8) is 0 Å².